The summed E-state index contributed by atoms with van der Waals surface area (Å²) < 4.78 is 0. The van der Waals surface area contributed by atoms with Gasteiger partial charge in [-0.3, -0.25) is 0 Å². The van der Waals surface area contributed by atoms with Crippen LogP contribution >= 0.6 is 11.6 Å². The van der Waals surface area contributed by atoms with Crippen LogP contribution in [-0.2, 0) is 0 Å². The average molecular weight is 183 g/mol. The van der Waals surface area contributed by atoms with E-state index in [4.69, 9.17) is 11.6 Å². The SMILES string of the molecule is CN(C)/C=N/c1cccc(Cl)c1. The summed E-state index contributed by atoms with van der Waals surface area (Å²) in [6.45, 7) is 0. The Hall–Kier alpha value is -1.02. The van der Waals surface area contributed by atoms with Crippen molar-refractivity contribution in [3.05, 3.63) is 29.3 Å². The van der Waals surface area contributed by atoms with Gasteiger partial charge in [-0.1, -0.05) is 17.7 Å². The molecule has 0 N–H and O–H groups in total. The Balaban J connectivity index is 2.76. The standard InChI is InChI=1S/C9H11ClN2/c1-12(2)7-11-9-5-3-4-8(10)6-9/h3-7H,1-2H3/b11-7+. The van der Waals surface area contributed by atoms with Gasteiger partial charge in [0.25, 0.3) is 0 Å². The predicted molar refractivity (Wildman–Crippen MR) is 53.3 cm³/mol. The van der Waals surface area contributed by atoms with Crippen LogP contribution in [0.15, 0.2) is 29.3 Å². The first-order valence-electron chi connectivity index (χ1n) is 3.64. The molecular formula is C9H11ClN2. The Morgan fingerprint density at radius 2 is 2.17 bits per heavy atom. The number of hydrogen-bond donors (Lipinski definition) is 0. The molecule has 12 heavy (non-hydrogen) atoms. The lowest BCUT2D eigenvalue weighted by Crippen LogP contribution is -2.06. The van der Waals surface area contributed by atoms with Crippen molar-refractivity contribution in [2.75, 3.05) is 14.1 Å². The van der Waals surface area contributed by atoms with Gasteiger partial charge in [0.05, 0.1) is 12.0 Å². The Morgan fingerprint density at radius 1 is 1.42 bits per heavy atom. The van der Waals surface area contributed by atoms with Gasteiger partial charge in [-0.05, 0) is 18.2 Å². The van der Waals surface area contributed by atoms with Crippen LogP contribution in [0.25, 0.3) is 0 Å². The summed E-state index contributed by atoms with van der Waals surface area (Å²) in [5.41, 5.74) is 0.871. The quantitative estimate of drug-likeness (QED) is 0.507. The van der Waals surface area contributed by atoms with Crippen LogP contribution < -0.4 is 0 Å². The summed E-state index contributed by atoms with van der Waals surface area (Å²) in [5, 5.41) is 0.711. The molecule has 1 rings (SSSR count). The largest absolute Gasteiger partial charge is 0.369 e. The molecule has 0 aliphatic heterocycles. The van der Waals surface area contributed by atoms with Crippen molar-refractivity contribution in [3.8, 4) is 0 Å². The highest BCUT2D eigenvalue weighted by molar-refractivity contribution is 6.30. The van der Waals surface area contributed by atoms with Gasteiger partial charge >= 0.3 is 0 Å². The summed E-state index contributed by atoms with van der Waals surface area (Å²) in [5.74, 6) is 0. The number of benzene rings is 1. The van der Waals surface area contributed by atoms with Gasteiger partial charge < -0.3 is 4.90 Å². The molecule has 0 saturated heterocycles. The number of rotatable bonds is 2. The monoisotopic (exact) mass is 182 g/mol. The maximum atomic E-state index is 5.77. The van der Waals surface area contributed by atoms with Gasteiger partial charge in [0.1, 0.15) is 0 Å². The van der Waals surface area contributed by atoms with Gasteiger partial charge in [0, 0.05) is 19.1 Å². The molecular weight excluding hydrogens is 172 g/mol. The summed E-state index contributed by atoms with van der Waals surface area (Å²) in [6.07, 6.45) is 1.74. The fourth-order valence-corrected chi connectivity index (χ4v) is 0.923. The minimum absolute atomic E-state index is 0.711. The molecule has 0 fully saturated rings. The molecule has 2 nitrogen and oxygen atoms in total. The van der Waals surface area contributed by atoms with E-state index in [9.17, 15) is 0 Å². The molecule has 0 aliphatic rings. The molecule has 3 heteroatoms. The molecule has 0 radical (unpaired) electrons. The summed E-state index contributed by atoms with van der Waals surface area (Å²) in [6, 6.07) is 7.44. The van der Waals surface area contributed by atoms with E-state index in [1.165, 1.54) is 0 Å². The van der Waals surface area contributed by atoms with Gasteiger partial charge in [-0.2, -0.15) is 0 Å². The van der Waals surface area contributed by atoms with Crippen LogP contribution in [0.2, 0.25) is 5.02 Å². The number of aliphatic imine (C=N–C) groups is 1. The Morgan fingerprint density at radius 3 is 2.75 bits per heavy atom. The second kappa shape index (κ2) is 4.12. The molecule has 0 aromatic heterocycles. The lowest BCUT2D eigenvalue weighted by molar-refractivity contribution is 0.643. The first-order valence-corrected chi connectivity index (χ1v) is 4.02. The van der Waals surface area contributed by atoms with Crippen molar-refractivity contribution < 1.29 is 0 Å². The molecule has 0 bridgehead atoms. The van der Waals surface area contributed by atoms with Crippen molar-refractivity contribution in [2.24, 2.45) is 4.99 Å². The number of halogens is 1. The van der Waals surface area contributed by atoms with Crippen molar-refractivity contribution in [1.29, 1.82) is 0 Å². The second-order valence-electron chi connectivity index (χ2n) is 2.69. The fraction of sp³-hybridized carbons (Fsp3) is 0.222. The van der Waals surface area contributed by atoms with E-state index < -0.39 is 0 Å². The van der Waals surface area contributed by atoms with E-state index in [1.54, 1.807) is 6.34 Å². The van der Waals surface area contributed by atoms with Gasteiger partial charge in [0.2, 0.25) is 0 Å². The number of hydrogen-bond acceptors (Lipinski definition) is 1. The van der Waals surface area contributed by atoms with Crippen LogP contribution in [0.3, 0.4) is 0 Å². The van der Waals surface area contributed by atoms with Gasteiger partial charge in [-0.15, -0.1) is 0 Å². The van der Waals surface area contributed by atoms with Crippen LogP contribution in [0.4, 0.5) is 5.69 Å². The van der Waals surface area contributed by atoms with Crippen LogP contribution in [0, 0.1) is 0 Å². The normalized spacial score (nSPS) is 10.6. The topological polar surface area (TPSA) is 15.6 Å². The van der Waals surface area contributed by atoms with Crippen LogP contribution in [0.5, 0.6) is 0 Å². The second-order valence-corrected chi connectivity index (χ2v) is 3.12. The molecule has 0 amide bonds. The highest BCUT2D eigenvalue weighted by Crippen LogP contribution is 2.16. The van der Waals surface area contributed by atoms with Crippen molar-refractivity contribution in [3.63, 3.8) is 0 Å². The zero-order valence-electron chi connectivity index (χ0n) is 7.16. The van der Waals surface area contributed by atoms with E-state index in [1.807, 2.05) is 43.3 Å². The molecule has 1 aromatic rings. The minimum atomic E-state index is 0.711. The predicted octanol–water partition coefficient (Wildman–Crippen LogP) is 2.56. The average Bonchev–Trinajstić information content (AvgIpc) is 2.01. The highest BCUT2D eigenvalue weighted by Gasteiger charge is 1.88. The maximum absolute atomic E-state index is 5.77. The third kappa shape index (κ3) is 2.93. The third-order valence-corrected chi connectivity index (χ3v) is 1.48. The van der Waals surface area contributed by atoms with E-state index in [2.05, 4.69) is 4.99 Å². The lowest BCUT2D eigenvalue weighted by atomic mass is 10.3. The highest BCUT2D eigenvalue weighted by atomic mass is 35.5. The smallest absolute Gasteiger partial charge is 0.0907 e. The number of nitrogens with zero attached hydrogens (tertiary/aromatic N) is 2. The van der Waals surface area contributed by atoms with Crippen LogP contribution in [-0.4, -0.2) is 25.3 Å². The summed E-state index contributed by atoms with van der Waals surface area (Å²) in [7, 11) is 3.85. The van der Waals surface area contributed by atoms with Gasteiger partial charge in [-0.25, -0.2) is 4.99 Å². The van der Waals surface area contributed by atoms with Crippen molar-refractivity contribution in [2.45, 2.75) is 0 Å². The molecule has 64 valence electrons. The molecule has 0 saturated carbocycles. The Labute approximate surface area is 77.5 Å². The first-order chi connectivity index (χ1) is 5.68. The summed E-state index contributed by atoms with van der Waals surface area (Å²) >= 11 is 5.77. The lowest BCUT2D eigenvalue weighted by Gasteiger charge is -2.01. The van der Waals surface area contributed by atoms with E-state index in [0.29, 0.717) is 5.02 Å². The Kier molecular flexibility index (Phi) is 3.11. The zero-order valence-corrected chi connectivity index (χ0v) is 7.92. The fourth-order valence-electron chi connectivity index (χ4n) is 0.739. The zero-order chi connectivity index (χ0) is 8.97. The van der Waals surface area contributed by atoms with E-state index in [0.717, 1.165) is 5.69 Å². The maximum Gasteiger partial charge on any atom is 0.0907 e. The summed E-state index contributed by atoms with van der Waals surface area (Å²) in [4.78, 5) is 6.06. The molecule has 0 atom stereocenters. The first kappa shape index (κ1) is 9.07. The minimum Gasteiger partial charge on any atom is -0.369 e. The van der Waals surface area contributed by atoms with Crippen molar-refractivity contribution in [1.82, 2.24) is 4.90 Å². The molecule has 0 aliphatic carbocycles. The van der Waals surface area contributed by atoms with Gasteiger partial charge in [0.15, 0.2) is 0 Å². The van der Waals surface area contributed by atoms with E-state index >= 15 is 0 Å². The van der Waals surface area contributed by atoms with E-state index in [-0.39, 0.29) is 0 Å². The van der Waals surface area contributed by atoms with Crippen LogP contribution in [0.1, 0.15) is 0 Å². The third-order valence-electron chi connectivity index (χ3n) is 1.25. The Bertz CT molecular complexity index is 282. The molecule has 0 heterocycles. The molecule has 0 spiro atoms. The molecule has 0 unspecified atom stereocenters. The van der Waals surface area contributed by atoms with Crippen molar-refractivity contribution >= 4 is 23.6 Å². The molecule has 1 aromatic carbocycles.